The fourth-order valence-corrected chi connectivity index (χ4v) is 2.68. The first-order valence-corrected chi connectivity index (χ1v) is 6.05. The Bertz CT molecular complexity index is 622. The zero-order chi connectivity index (χ0) is 12.9. The third kappa shape index (κ3) is 1.53. The molecular formula is C16H20O. The summed E-state index contributed by atoms with van der Waals surface area (Å²) in [5, 5.41) is 12.4. The molecule has 0 heterocycles. The molecule has 1 N–H and O–H groups in total. The standard InChI is InChI=1S/C16H20O/c1-8-7-14(17)16-13(6)11(4)10(3)12(5)15(16)9(8)2/h7,17H,1-6H3. The SMILES string of the molecule is Cc1cc(O)c2c(C)c(C)c(C)c(C)c2c1C. The van der Waals surface area contributed by atoms with E-state index in [9.17, 15) is 5.11 Å². The van der Waals surface area contributed by atoms with E-state index < -0.39 is 0 Å². The molecule has 0 aliphatic carbocycles. The predicted molar refractivity (Wildman–Crippen MR) is 74.0 cm³/mol. The van der Waals surface area contributed by atoms with Gasteiger partial charge in [0.15, 0.2) is 0 Å². The summed E-state index contributed by atoms with van der Waals surface area (Å²) in [5.74, 6) is 0.409. The Morgan fingerprint density at radius 3 is 1.65 bits per heavy atom. The molecule has 1 heteroatoms. The van der Waals surface area contributed by atoms with Crippen LogP contribution >= 0.6 is 0 Å². The molecule has 0 bridgehead atoms. The van der Waals surface area contributed by atoms with Gasteiger partial charge in [-0.2, -0.15) is 0 Å². The van der Waals surface area contributed by atoms with Gasteiger partial charge >= 0.3 is 0 Å². The van der Waals surface area contributed by atoms with Crippen molar-refractivity contribution < 1.29 is 5.11 Å². The third-order valence-electron chi connectivity index (χ3n) is 4.26. The van der Waals surface area contributed by atoms with E-state index in [0.29, 0.717) is 5.75 Å². The lowest BCUT2D eigenvalue weighted by molar-refractivity contribution is 0.481. The van der Waals surface area contributed by atoms with Gasteiger partial charge in [0.1, 0.15) is 5.75 Å². The molecule has 0 aliphatic heterocycles. The van der Waals surface area contributed by atoms with Crippen molar-refractivity contribution in [1.82, 2.24) is 0 Å². The van der Waals surface area contributed by atoms with Gasteiger partial charge in [0, 0.05) is 5.39 Å². The molecule has 0 fully saturated rings. The van der Waals surface area contributed by atoms with E-state index in [2.05, 4.69) is 41.5 Å². The Hall–Kier alpha value is -1.50. The minimum absolute atomic E-state index is 0.409. The van der Waals surface area contributed by atoms with Crippen molar-refractivity contribution >= 4 is 10.8 Å². The van der Waals surface area contributed by atoms with E-state index >= 15 is 0 Å². The molecule has 2 rings (SSSR count). The topological polar surface area (TPSA) is 20.2 Å². The minimum Gasteiger partial charge on any atom is -0.507 e. The molecule has 0 aromatic heterocycles. The number of fused-ring (bicyclic) bond motifs is 1. The summed E-state index contributed by atoms with van der Waals surface area (Å²) in [6, 6.07) is 1.87. The highest BCUT2D eigenvalue weighted by Crippen LogP contribution is 2.37. The Kier molecular flexibility index (Phi) is 2.65. The van der Waals surface area contributed by atoms with E-state index in [0.717, 1.165) is 10.9 Å². The van der Waals surface area contributed by atoms with Gasteiger partial charge in [0.25, 0.3) is 0 Å². The lowest BCUT2D eigenvalue weighted by Crippen LogP contribution is -1.97. The molecule has 17 heavy (non-hydrogen) atoms. The number of rotatable bonds is 0. The van der Waals surface area contributed by atoms with Gasteiger partial charge in [-0.1, -0.05) is 0 Å². The van der Waals surface area contributed by atoms with Crippen LogP contribution in [0.15, 0.2) is 6.07 Å². The average Bonchev–Trinajstić information content (AvgIpc) is 2.28. The molecule has 1 nitrogen and oxygen atoms in total. The smallest absolute Gasteiger partial charge is 0.123 e. The number of hydrogen-bond acceptors (Lipinski definition) is 1. The molecule has 0 aliphatic rings. The largest absolute Gasteiger partial charge is 0.507 e. The Morgan fingerprint density at radius 2 is 1.12 bits per heavy atom. The van der Waals surface area contributed by atoms with Gasteiger partial charge in [-0.05, 0) is 86.4 Å². The molecule has 0 spiro atoms. The molecular weight excluding hydrogens is 208 g/mol. The van der Waals surface area contributed by atoms with Crippen molar-refractivity contribution in [2.75, 3.05) is 0 Å². The molecule has 90 valence electrons. The van der Waals surface area contributed by atoms with Crippen LogP contribution in [0.1, 0.15) is 33.4 Å². The highest BCUT2D eigenvalue weighted by atomic mass is 16.3. The highest BCUT2D eigenvalue weighted by molar-refractivity contribution is 5.98. The monoisotopic (exact) mass is 228 g/mol. The first-order chi connectivity index (χ1) is 7.86. The second kappa shape index (κ2) is 3.76. The van der Waals surface area contributed by atoms with E-state index in [1.165, 1.54) is 33.2 Å². The zero-order valence-corrected chi connectivity index (χ0v) is 11.5. The van der Waals surface area contributed by atoms with Gasteiger partial charge < -0.3 is 5.11 Å². The van der Waals surface area contributed by atoms with Crippen molar-refractivity contribution in [3.8, 4) is 5.75 Å². The molecule has 0 radical (unpaired) electrons. The Balaban J connectivity index is 3.17. The van der Waals surface area contributed by atoms with Crippen LogP contribution in [0.5, 0.6) is 5.75 Å². The minimum atomic E-state index is 0.409. The van der Waals surface area contributed by atoms with E-state index in [-0.39, 0.29) is 0 Å². The lowest BCUT2D eigenvalue weighted by atomic mass is 9.87. The molecule has 0 unspecified atom stereocenters. The van der Waals surface area contributed by atoms with Crippen LogP contribution in [0.2, 0.25) is 0 Å². The van der Waals surface area contributed by atoms with Crippen molar-refractivity contribution in [1.29, 1.82) is 0 Å². The summed E-state index contributed by atoms with van der Waals surface area (Å²) >= 11 is 0. The van der Waals surface area contributed by atoms with Crippen molar-refractivity contribution in [3.63, 3.8) is 0 Å². The number of aryl methyl sites for hydroxylation is 4. The fourth-order valence-electron chi connectivity index (χ4n) is 2.68. The number of phenols is 1. The van der Waals surface area contributed by atoms with E-state index in [4.69, 9.17) is 0 Å². The van der Waals surface area contributed by atoms with Crippen LogP contribution in [0.25, 0.3) is 10.8 Å². The van der Waals surface area contributed by atoms with Crippen LogP contribution in [0.4, 0.5) is 0 Å². The van der Waals surface area contributed by atoms with E-state index in [1.807, 2.05) is 6.07 Å². The molecule has 2 aromatic carbocycles. The maximum absolute atomic E-state index is 10.2. The van der Waals surface area contributed by atoms with Crippen LogP contribution in [0.3, 0.4) is 0 Å². The summed E-state index contributed by atoms with van der Waals surface area (Å²) in [6.45, 7) is 12.7. The average molecular weight is 228 g/mol. The summed E-state index contributed by atoms with van der Waals surface area (Å²) < 4.78 is 0. The maximum Gasteiger partial charge on any atom is 0.123 e. The maximum atomic E-state index is 10.2. The van der Waals surface area contributed by atoms with Gasteiger partial charge in [0.2, 0.25) is 0 Å². The normalized spacial score (nSPS) is 11.2. The van der Waals surface area contributed by atoms with Crippen LogP contribution < -0.4 is 0 Å². The summed E-state index contributed by atoms with van der Waals surface area (Å²) in [6.07, 6.45) is 0. The van der Waals surface area contributed by atoms with Crippen molar-refractivity contribution in [3.05, 3.63) is 39.4 Å². The van der Waals surface area contributed by atoms with Crippen LogP contribution in [0, 0.1) is 41.5 Å². The second-order valence-electron chi connectivity index (χ2n) is 5.09. The second-order valence-corrected chi connectivity index (χ2v) is 5.09. The predicted octanol–water partition coefficient (Wildman–Crippen LogP) is 4.40. The van der Waals surface area contributed by atoms with E-state index in [1.54, 1.807) is 0 Å². The lowest BCUT2D eigenvalue weighted by Gasteiger charge is -2.18. The summed E-state index contributed by atoms with van der Waals surface area (Å²) in [4.78, 5) is 0. The summed E-state index contributed by atoms with van der Waals surface area (Å²) in [7, 11) is 0. The van der Waals surface area contributed by atoms with Crippen LogP contribution in [-0.2, 0) is 0 Å². The number of aromatic hydroxyl groups is 1. The highest BCUT2D eigenvalue weighted by Gasteiger charge is 2.15. The first kappa shape index (κ1) is 12.0. The van der Waals surface area contributed by atoms with Gasteiger partial charge in [0.05, 0.1) is 0 Å². The van der Waals surface area contributed by atoms with Crippen LogP contribution in [-0.4, -0.2) is 5.11 Å². The third-order valence-corrected chi connectivity index (χ3v) is 4.26. The van der Waals surface area contributed by atoms with Crippen molar-refractivity contribution in [2.45, 2.75) is 41.5 Å². The first-order valence-electron chi connectivity index (χ1n) is 6.05. The van der Waals surface area contributed by atoms with Gasteiger partial charge in [-0.15, -0.1) is 0 Å². The number of benzene rings is 2. The van der Waals surface area contributed by atoms with Gasteiger partial charge in [-0.25, -0.2) is 0 Å². The molecule has 0 atom stereocenters. The quantitative estimate of drug-likeness (QED) is 0.708. The molecule has 0 amide bonds. The fraction of sp³-hybridized carbons (Fsp3) is 0.375. The van der Waals surface area contributed by atoms with Gasteiger partial charge in [-0.3, -0.25) is 0 Å². The molecule has 0 saturated carbocycles. The summed E-state index contributed by atoms with van der Waals surface area (Å²) in [5.41, 5.74) is 7.54. The Labute approximate surface area is 103 Å². The Morgan fingerprint density at radius 1 is 0.647 bits per heavy atom. The number of hydrogen-bond donors (Lipinski definition) is 1. The van der Waals surface area contributed by atoms with Crippen molar-refractivity contribution in [2.24, 2.45) is 0 Å². The zero-order valence-electron chi connectivity index (χ0n) is 11.5. The molecule has 2 aromatic rings. The number of phenolic OH excluding ortho intramolecular Hbond substituents is 1. The molecule has 0 saturated heterocycles.